The van der Waals surface area contributed by atoms with Crippen molar-refractivity contribution in [1.29, 1.82) is 0 Å². The predicted molar refractivity (Wildman–Crippen MR) is 395 cm³/mol. The van der Waals surface area contributed by atoms with Crippen molar-refractivity contribution in [1.82, 2.24) is 0 Å². The molecule has 572 valence electrons. The normalized spacial score (nSPS) is 14.5. The number of allylic oxidation sites excluding steroid dienone is 4. The summed E-state index contributed by atoms with van der Waals surface area (Å²) in [7, 11) is -9.93. The SMILES string of the molecule is CCCCCC/C=C\C=C/CCCCCCCC(=O)O[C@H](COC(=O)CCCCCCCCCCCCCCCCCCC(C)C)COP(=O)(O)OC[C@@H](O)COP(=O)(O)OC[C@@H](COC(=O)CCCCCCCCC(C)CC)OC(=O)CCCCCCCCCCCCC(C)C. The molecule has 97 heavy (non-hydrogen) atoms. The molecule has 3 N–H and O–H groups in total. The summed E-state index contributed by atoms with van der Waals surface area (Å²) in [5.41, 5.74) is 0. The van der Waals surface area contributed by atoms with Crippen LogP contribution in [0.1, 0.15) is 376 Å². The molecule has 0 aliphatic heterocycles. The van der Waals surface area contributed by atoms with Gasteiger partial charge in [-0.3, -0.25) is 37.3 Å². The van der Waals surface area contributed by atoms with E-state index in [9.17, 15) is 43.2 Å². The number of esters is 4. The van der Waals surface area contributed by atoms with Crippen molar-refractivity contribution in [2.24, 2.45) is 17.8 Å². The lowest BCUT2D eigenvalue weighted by Gasteiger charge is -2.21. The Bertz CT molecular complexity index is 1980. The number of rotatable bonds is 74. The maximum atomic E-state index is 13.1. The second kappa shape index (κ2) is 68.0. The molecular weight excluding hydrogens is 1270 g/mol. The number of hydrogen-bond acceptors (Lipinski definition) is 15. The van der Waals surface area contributed by atoms with Crippen LogP contribution < -0.4 is 0 Å². The molecule has 0 radical (unpaired) electrons. The number of carbonyl (C=O) groups excluding carboxylic acids is 4. The molecule has 17 nitrogen and oxygen atoms in total. The van der Waals surface area contributed by atoms with Gasteiger partial charge in [0.05, 0.1) is 26.4 Å². The van der Waals surface area contributed by atoms with Crippen LogP contribution in [0.5, 0.6) is 0 Å². The lowest BCUT2D eigenvalue weighted by Crippen LogP contribution is -2.30. The summed E-state index contributed by atoms with van der Waals surface area (Å²) < 4.78 is 68.5. The van der Waals surface area contributed by atoms with Crippen LogP contribution in [-0.4, -0.2) is 96.7 Å². The summed E-state index contributed by atoms with van der Waals surface area (Å²) in [5, 5.41) is 10.6. The van der Waals surface area contributed by atoms with Crippen LogP contribution in [0.4, 0.5) is 0 Å². The van der Waals surface area contributed by atoms with Crippen LogP contribution in [0.3, 0.4) is 0 Å². The number of ether oxygens (including phenoxy) is 4. The molecule has 3 unspecified atom stereocenters. The molecular formula is C78H148O17P2. The van der Waals surface area contributed by atoms with E-state index in [0.29, 0.717) is 25.7 Å². The van der Waals surface area contributed by atoms with Crippen molar-refractivity contribution in [3.63, 3.8) is 0 Å². The smallest absolute Gasteiger partial charge is 0.462 e. The Balaban J connectivity index is 5.27. The van der Waals surface area contributed by atoms with Crippen LogP contribution in [0.15, 0.2) is 24.3 Å². The molecule has 0 amide bonds. The molecule has 0 heterocycles. The van der Waals surface area contributed by atoms with Gasteiger partial charge in [0.15, 0.2) is 12.2 Å². The summed E-state index contributed by atoms with van der Waals surface area (Å²) in [6.45, 7) is 11.8. The third-order valence-electron chi connectivity index (χ3n) is 17.9. The number of aliphatic hydroxyl groups excluding tert-OH is 1. The van der Waals surface area contributed by atoms with Gasteiger partial charge in [-0.25, -0.2) is 9.13 Å². The Morgan fingerprint density at radius 2 is 0.608 bits per heavy atom. The zero-order valence-electron chi connectivity index (χ0n) is 63.0. The molecule has 6 atom stereocenters. The Morgan fingerprint density at radius 1 is 0.340 bits per heavy atom. The van der Waals surface area contributed by atoms with E-state index in [-0.39, 0.29) is 25.7 Å². The first-order valence-corrected chi connectivity index (χ1v) is 42.7. The number of aliphatic hydroxyl groups is 1. The minimum Gasteiger partial charge on any atom is -0.462 e. The number of hydrogen-bond donors (Lipinski definition) is 3. The van der Waals surface area contributed by atoms with Gasteiger partial charge in [0.1, 0.15) is 19.3 Å². The van der Waals surface area contributed by atoms with E-state index in [1.165, 1.54) is 167 Å². The summed E-state index contributed by atoms with van der Waals surface area (Å²) in [6.07, 6.45) is 57.8. The molecule has 0 rings (SSSR count). The van der Waals surface area contributed by atoms with Gasteiger partial charge in [-0.1, -0.05) is 323 Å². The first-order chi connectivity index (χ1) is 46.8. The highest BCUT2D eigenvalue weighted by molar-refractivity contribution is 7.47. The Hall–Kier alpha value is -2.46. The molecule has 0 bridgehead atoms. The first-order valence-electron chi connectivity index (χ1n) is 39.7. The largest absolute Gasteiger partial charge is 0.472 e. The van der Waals surface area contributed by atoms with Crippen molar-refractivity contribution in [2.75, 3.05) is 39.6 Å². The predicted octanol–water partition coefficient (Wildman–Crippen LogP) is 22.5. The van der Waals surface area contributed by atoms with Crippen LogP contribution in [0.25, 0.3) is 0 Å². The van der Waals surface area contributed by atoms with E-state index < -0.39 is 97.5 Å². The zero-order valence-corrected chi connectivity index (χ0v) is 64.8. The zero-order chi connectivity index (χ0) is 71.6. The third-order valence-corrected chi connectivity index (χ3v) is 19.8. The summed E-state index contributed by atoms with van der Waals surface area (Å²) >= 11 is 0. The monoisotopic (exact) mass is 1420 g/mol. The summed E-state index contributed by atoms with van der Waals surface area (Å²) in [5.74, 6) is 0.143. The molecule has 0 aromatic carbocycles. The van der Waals surface area contributed by atoms with Crippen LogP contribution >= 0.6 is 15.6 Å². The van der Waals surface area contributed by atoms with Crippen LogP contribution in [0, 0.1) is 17.8 Å². The molecule has 19 heteroatoms. The van der Waals surface area contributed by atoms with E-state index in [4.69, 9.17) is 37.0 Å². The van der Waals surface area contributed by atoms with E-state index in [0.717, 1.165) is 127 Å². The summed E-state index contributed by atoms with van der Waals surface area (Å²) in [6, 6.07) is 0. The van der Waals surface area contributed by atoms with Crippen molar-refractivity contribution < 1.29 is 80.2 Å². The quantitative estimate of drug-likeness (QED) is 0.0169. The van der Waals surface area contributed by atoms with Crippen molar-refractivity contribution >= 4 is 39.5 Å². The molecule has 0 aliphatic rings. The minimum atomic E-state index is -4.97. The Kier molecular flexibility index (Phi) is 66.3. The second-order valence-electron chi connectivity index (χ2n) is 28.6. The summed E-state index contributed by atoms with van der Waals surface area (Å²) in [4.78, 5) is 72.8. The van der Waals surface area contributed by atoms with Gasteiger partial charge in [0.25, 0.3) is 0 Å². The topological polar surface area (TPSA) is 237 Å². The molecule has 0 spiro atoms. The number of phosphoric acid groups is 2. The van der Waals surface area contributed by atoms with Gasteiger partial charge < -0.3 is 33.8 Å². The molecule has 0 aliphatic carbocycles. The van der Waals surface area contributed by atoms with E-state index in [2.05, 4.69) is 72.8 Å². The second-order valence-corrected chi connectivity index (χ2v) is 31.5. The van der Waals surface area contributed by atoms with Crippen molar-refractivity contribution in [2.45, 2.75) is 394 Å². The van der Waals surface area contributed by atoms with Gasteiger partial charge in [-0.2, -0.15) is 0 Å². The van der Waals surface area contributed by atoms with Crippen LogP contribution in [0.2, 0.25) is 0 Å². The molecule has 0 aromatic rings. The molecule has 0 fully saturated rings. The fourth-order valence-corrected chi connectivity index (χ4v) is 13.0. The average Bonchev–Trinajstić information content (AvgIpc) is 0.997. The van der Waals surface area contributed by atoms with Gasteiger partial charge in [-0.15, -0.1) is 0 Å². The number of unbranched alkanes of at least 4 members (excludes halogenated alkanes) is 38. The lowest BCUT2D eigenvalue weighted by molar-refractivity contribution is -0.161. The first kappa shape index (κ1) is 94.5. The average molecular weight is 1420 g/mol. The highest BCUT2D eigenvalue weighted by atomic mass is 31.2. The maximum Gasteiger partial charge on any atom is 0.472 e. The Labute approximate surface area is 592 Å². The highest BCUT2D eigenvalue weighted by Gasteiger charge is 2.30. The molecule has 0 saturated carbocycles. The van der Waals surface area contributed by atoms with Gasteiger partial charge in [-0.05, 0) is 69.1 Å². The third kappa shape index (κ3) is 70.4. The fourth-order valence-electron chi connectivity index (χ4n) is 11.4. The standard InChI is InChI=1S/C78H148O17P2/c1-8-10-11-12-13-14-15-16-19-24-27-33-38-47-54-61-77(82)94-73(65-88-75(80)59-52-45-37-32-26-23-21-18-17-20-22-25-30-35-42-49-56-69(3)4)67-92-96(84,85)90-63-72(79)64-91-97(86,87)93-68-74(66-89-76(81)60-53-46-41-40-44-51-58-71(7)9-2)95-78(83)62-55-48-39-34-29-28-31-36-43-50-57-70(5)6/h14-16,19,69-74,79H,8-13,17-18,20-68H2,1-7H3,(H,84,85)(H,86,87)/b15-14-,19-16-/t71?,72-,73-,74-/m1/s1. The van der Waals surface area contributed by atoms with Crippen molar-refractivity contribution in [3.8, 4) is 0 Å². The fraction of sp³-hybridized carbons (Fsp3) is 0.897. The van der Waals surface area contributed by atoms with E-state index in [1.54, 1.807) is 0 Å². The van der Waals surface area contributed by atoms with Gasteiger partial charge in [0, 0.05) is 25.7 Å². The maximum absolute atomic E-state index is 13.1. The van der Waals surface area contributed by atoms with Gasteiger partial charge >= 0.3 is 39.5 Å². The Morgan fingerprint density at radius 3 is 0.918 bits per heavy atom. The number of phosphoric ester groups is 2. The van der Waals surface area contributed by atoms with Gasteiger partial charge in [0.2, 0.25) is 0 Å². The van der Waals surface area contributed by atoms with Crippen molar-refractivity contribution in [3.05, 3.63) is 24.3 Å². The minimum absolute atomic E-state index is 0.0850. The lowest BCUT2D eigenvalue weighted by atomic mass is 10.00. The van der Waals surface area contributed by atoms with Crippen LogP contribution in [-0.2, 0) is 65.4 Å². The van der Waals surface area contributed by atoms with E-state index in [1.807, 2.05) is 0 Å². The number of carbonyl (C=O) groups is 4. The highest BCUT2D eigenvalue weighted by Crippen LogP contribution is 2.45. The molecule has 0 aromatic heterocycles. The molecule has 0 saturated heterocycles. The van der Waals surface area contributed by atoms with E-state index >= 15 is 0 Å².